The Morgan fingerprint density at radius 3 is 2.18 bits per heavy atom. The van der Waals surface area contributed by atoms with E-state index < -0.39 is 0 Å². The number of benzene rings is 1. The molecule has 0 saturated heterocycles. The van der Waals surface area contributed by atoms with Crippen molar-refractivity contribution >= 4 is 11.6 Å². The minimum atomic E-state index is 0.0719. The minimum Gasteiger partial charge on any atom is -0.252 e. The van der Waals surface area contributed by atoms with Gasteiger partial charge >= 0.3 is 0 Å². The summed E-state index contributed by atoms with van der Waals surface area (Å²) in [7, 11) is 0. The van der Waals surface area contributed by atoms with Gasteiger partial charge in [0.25, 0.3) is 0 Å². The molecule has 0 unspecified atom stereocenters. The normalized spacial score (nSPS) is 11.5. The van der Waals surface area contributed by atoms with E-state index in [-0.39, 0.29) is 5.41 Å². The first-order valence-electron chi connectivity index (χ1n) is 5.70. The van der Waals surface area contributed by atoms with Gasteiger partial charge in [-0.1, -0.05) is 50.6 Å². The van der Waals surface area contributed by atoms with Crippen LogP contribution in [0.4, 0.5) is 0 Å². The number of hydrogen-bond donors (Lipinski definition) is 0. The van der Waals surface area contributed by atoms with Crippen LogP contribution in [0, 0.1) is 0 Å². The Balaban J connectivity index is 2.43. The third-order valence-corrected chi connectivity index (χ3v) is 2.91. The summed E-state index contributed by atoms with van der Waals surface area (Å²) in [6, 6.07) is 13.9. The summed E-state index contributed by atoms with van der Waals surface area (Å²) in [5.74, 6) is 0. The first-order chi connectivity index (χ1) is 7.97. The summed E-state index contributed by atoms with van der Waals surface area (Å²) in [6.07, 6.45) is 0. The molecule has 2 heteroatoms. The van der Waals surface area contributed by atoms with Crippen LogP contribution in [0.2, 0.25) is 5.02 Å². The van der Waals surface area contributed by atoms with Crippen LogP contribution >= 0.6 is 11.6 Å². The van der Waals surface area contributed by atoms with Crippen LogP contribution in [0.25, 0.3) is 11.3 Å². The van der Waals surface area contributed by atoms with Crippen LogP contribution in [0.3, 0.4) is 0 Å². The topological polar surface area (TPSA) is 12.9 Å². The molecule has 2 aromatic rings. The third kappa shape index (κ3) is 2.86. The van der Waals surface area contributed by atoms with Gasteiger partial charge in [0, 0.05) is 21.7 Å². The fraction of sp³-hybridized carbons (Fsp3) is 0.267. The molecule has 1 aromatic carbocycles. The molecule has 0 atom stereocenters. The van der Waals surface area contributed by atoms with Crippen molar-refractivity contribution in [2.75, 3.05) is 0 Å². The van der Waals surface area contributed by atoms with Gasteiger partial charge in [-0.15, -0.1) is 0 Å². The number of rotatable bonds is 1. The molecule has 0 radical (unpaired) electrons. The second-order valence-corrected chi connectivity index (χ2v) is 5.60. The van der Waals surface area contributed by atoms with Crippen LogP contribution in [0.5, 0.6) is 0 Å². The first-order valence-corrected chi connectivity index (χ1v) is 6.08. The second-order valence-electron chi connectivity index (χ2n) is 5.16. The van der Waals surface area contributed by atoms with E-state index in [2.05, 4.69) is 32.9 Å². The van der Waals surface area contributed by atoms with Gasteiger partial charge < -0.3 is 0 Å². The van der Waals surface area contributed by atoms with E-state index in [9.17, 15) is 0 Å². The Bertz CT molecular complexity index is 509. The van der Waals surface area contributed by atoms with Crippen molar-refractivity contribution in [2.45, 2.75) is 26.2 Å². The molecule has 0 amide bonds. The lowest BCUT2D eigenvalue weighted by Gasteiger charge is -2.18. The molecule has 0 aliphatic heterocycles. The third-order valence-electron chi connectivity index (χ3n) is 2.66. The predicted molar refractivity (Wildman–Crippen MR) is 73.4 cm³/mol. The van der Waals surface area contributed by atoms with Gasteiger partial charge in [-0.3, -0.25) is 4.98 Å². The Kier molecular flexibility index (Phi) is 3.21. The number of nitrogens with zero attached hydrogens (tertiary/aromatic N) is 1. The fourth-order valence-corrected chi connectivity index (χ4v) is 1.76. The smallest absolute Gasteiger partial charge is 0.0705 e. The number of aromatic nitrogens is 1. The summed E-state index contributed by atoms with van der Waals surface area (Å²) in [6.45, 7) is 6.50. The van der Waals surface area contributed by atoms with E-state index in [1.807, 2.05) is 30.3 Å². The number of pyridine rings is 1. The molecule has 0 spiro atoms. The van der Waals surface area contributed by atoms with Crippen LogP contribution < -0.4 is 0 Å². The van der Waals surface area contributed by atoms with Gasteiger partial charge in [0.2, 0.25) is 0 Å². The van der Waals surface area contributed by atoms with E-state index in [0.717, 1.165) is 22.0 Å². The molecular weight excluding hydrogens is 230 g/mol. The van der Waals surface area contributed by atoms with Gasteiger partial charge in [0.15, 0.2) is 0 Å². The van der Waals surface area contributed by atoms with Crippen molar-refractivity contribution in [1.29, 1.82) is 0 Å². The highest BCUT2D eigenvalue weighted by molar-refractivity contribution is 6.30. The first kappa shape index (κ1) is 12.1. The average Bonchev–Trinajstić information content (AvgIpc) is 2.29. The van der Waals surface area contributed by atoms with Crippen molar-refractivity contribution in [3.05, 3.63) is 53.2 Å². The predicted octanol–water partition coefficient (Wildman–Crippen LogP) is 4.70. The summed E-state index contributed by atoms with van der Waals surface area (Å²) >= 11 is 5.88. The van der Waals surface area contributed by atoms with E-state index in [4.69, 9.17) is 16.6 Å². The molecule has 0 fully saturated rings. The monoisotopic (exact) mass is 245 g/mol. The summed E-state index contributed by atoms with van der Waals surface area (Å²) in [4.78, 5) is 4.70. The molecule has 2 rings (SSSR count). The molecule has 1 nitrogen and oxygen atoms in total. The highest BCUT2D eigenvalue weighted by atomic mass is 35.5. The zero-order valence-electron chi connectivity index (χ0n) is 10.4. The van der Waals surface area contributed by atoms with Crippen molar-refractivity contribution in [3.63, 3.8) is 0 Å². The van der Waals surface area contributed by atoms with E-state index in [1.54, 1.807) is 0 Å². The Morgan fingerprint density at radius 1 is 0.941 bits per heavy atom. The Labute approximate surface area is 107 Å². The zero-order chi connectivity index (χ0) is 12.5. The lowest BCUT2D eigenvalue weighted by Crippen LogP contribution is -2.13. The van der Waals surface area contributed by atoms with Crippen LogP contribution in [-0.4, -0.2) is 4.98 Å². The summed E-state index contributed by atoms with van der Waals surface area (Å²) < 4.78 is 0. The molecular formula is C15H16ClN. The van der Waals surface area contributed by atoms with Crippen molar-refractivity contribution in [1.82, 2.24) is 4.98 Å². The van der Waals surface area contributed by atoms with E-state index in [1.165, 1.54) is 0 Å². The fourth-order valence-electron chi connectivity index (χ4n) is 1.63. The van der Waals surface area contributed by atoms with Crippen LogP contribution in [0.15, 0.2) is 42.5 Å². The molecule has 0 aliphatic carbocycles. The second kappa shape index (κ2) is 4.50. The average molecular weight is 246 g/mol. The van der Waals surface area contributed by atoms with E-state index in [0.29, 0.717) is 0 Å². The van der Waals surface area contributed by atoms with Gasteiger partial charge in [0.1, 0.15) is 0 Å². The maximum atomic E-state index is 5.88. The standard InChI is InChI=1S/C15H16ClN/c1-15(2,3)14-6-4-5-13(17-14)11-7-9-12(16)10-8-11/h4-10H,1-3H3. The minimum absolute atomic E-state index is 0.0719. The number of halogens is 1. The lowest BCUT2D eigenvalue weighted by atomic mass is 9.91. The molecule has 0 saturated carbocycles. The molecule has 17 heavy (non-hydrogen) atoms. The summed E-state index contributed by atoms with van der Waals surface area (Å²) in [5, 5.41) is 0.751. The molecule has 1 aromatic heterocycles. The highest BCUT2D eigenvalue weighted by Crippen LogP contribution is 2.24. The number of hydrogen-bond acceptors (Lipinski definition) is 1. The van der Waals surface area contributed by atoms with Gasteiger partial charge in [0.05, 0.1) is 5.69 Å². The van der Waals surface area contributed by atoms with E-state index >= 15 is 0 Å². The zero-order valence-corrected chi connectivity index (χ0v) is 11.1. The van der Waals surface area contributed by atoms with Gasteiger partial charge in [-0.05, 0) is 24.3 Å². The maximum absolute atomic E-state index is 5.88. The lowest BCUT2D eigenvalue weighted by molar-refractivity contribution is 0.570. The van der Waals surface area contributed by atoms with Crippen LogP contribution in [0.1, 0.15) is 26.5 Å². The Morgan fingerprint density at radius 2 is 1.59 bits per heavy atom. The summed E-state index contributed by atoms with van der Waals surface area (Å²) in [5.41, 5.74) is 3.27. The maximum Gasteiger partial charge on any atom is 0.0705 e. The van der Waals surface area contributed by atoms with Gasteiger partial charge in [-0.2, -0.15) is 0 Å². The van der Waals surface area contributed by atoms with Crippen molar-refractivity contribution < 1.29 is 0 Å². The molecule has 1 heterocycles. The molecule has 0 N–H and O–H groups in total. The van der Waals surface area contributed by atoms with Crippen molar-refractivity contribution in [3.8, 4) is 11.3 Å². The molecule has 0 aliphatic rings. The van der Waals surface area contributed by atoms with Gasteiger partial charge in [-0.25, -0.2) is 0 Å². The quantitative estimate of drug-likeness (QED) is 0.710. The molecule has 0 bridgehead atoms. The SMILES string of the molecule is CC(C)(C)c1cccc(-c2ccc(Cl)cc2)n1. The van der Waals surface area contributed by atoms with Crippen LogP contribution in [-0.2, 0) is 5.41 Å². The van der Waals surface area contributed by atoms with Crippen molar-refractivity contribution in [2.24, 2.45) is 0 Å². The largest absolute Gasteiger partial charge is 0.252 e. The Hall–Kier alpha value is -1.34. The highest BCUT2D eigenvalue weighted by Gasteiger charge is 2.15. The molecule has 88 valence electrons.